The molecule has 8 nitrogen and oxygen atoms in total. The smallest absolute Gasteiger partial charge is 0.267 e. The quantitative estimate of drug-likeness (QED) is 0.807. The van der Waals surface area contributed by atoms with Crippen molar-refractivity contribution in [1.29, 1.82) is 0 Å². The number of rotatable bonds is 3. The Kier molecular flexibility index (Phi) is 4.35. The first-order chi connectivity index (χ1) is 13.0. The topological polar surface area (TPSA) is 82.9 Å². The first kappa shape index (κ1) is 17.5. The van der Waals surface area contributed by atoms with Crippen molar-refractivity contribution in [3.8, 4) is 22.8 Å². The molecule has 0 bridgehead atoms. The van der Waals surface area contributed by atoms with E-state index in [4.69, 9.17) is 14.2 Å². The van der Waals surface area contributed by atoms with Gasteiger partial charge in [-0.1, -0.05) is 0 Å². The normalized spacial score (nSPS) is 16.4. The molecule has 1 saturated heterocycles. The molecule has 0 atom stereocenters. The van der Waals surface area contributed by atoms with Crippen LogP contribution in [0.1, 0.15) is 13.8 Å². The van der Waals surface area contributed by atoms with E-state index in [0.717, 1.165) is 5.56 Å². The Bertz CT molecular complexity index is 931. The van der Waals surface area contributed by atoms with Gasteiger partial charge in [-0.3, -0.25) is 9.59 Å². The number of hydrogen-bond donors (Lipinski definition) is 0. The molecular formula is C19H21N3O5. The maximum Gasteiger partial charge on any atom is 0.267 e. The number of hydrogen-bond acceptors (Lipinski definition) is 6. The lowest BCUT2D eigenvalue weighted by molar-refractivity contribution is -0.144. The van der Waals surface area contributed by atoms with E-state index in [9.17, 15) is 9.59 Å². The van der Waals surface area contributed by atoms with Gasteiger partial charge in [-0.05, 0) is 38.1 Å². The Morgan fingerprint density at radius 1 is 1.07 bits per heavy atom. The first-order valence-electron chi connectivity index (χ1n) is 8.85. The summed E-state index contributed by atoms with van der Waals surface area (Å²) in [6.45, 7) is 5.64. The molecule has 4 rings (SSSR count). The van der Waals surface area contributed by atoms with E-state index in [1.54, 1.807) is 30.9 Å². The Morgan fingerprint density at radius 2 is 1.81 bits per heavy atom. The van der Waals surface area contributed by atoms with E-state index < -0.39 is 5.54 Å². The summed E-state index contributed by atoms with van der Waals surface area (Å²) in [5, 5.41) is 4.48. The average molecular weight is 371 g/mol. The van der Waals surface area contributed by atoms with Gasteiger partial charge >= 0.3 is 0 Å². The zero-order valence-corrected chi connectivity index (χ0v) is 15.3. The summed E-state index contributed by atoms with van der Waals surface area (Å²) in [4.78, 5) is 27.2. The fourth-order valence-corrected chi connectivity index (χ4v) is 3.27. The number of carbonyl (C=O) groups is 1. The lowest BCUT2D eigenvalue weighted by atomic mass is 10.0. The molecule has 0 N–H and O–H groups in total. The lowest BCUT2D eigenvalue weighted by Crippen LogP contribution is -2.54. The van der Waals surface area contributed by atoms with Crippen molar-refractivity contribution in [2.75, 3.05) is 33.1 Å². The summed E-state index contributed by atoms with van der Waals surface area (Å²) < 4.78 is 17.3. The van der Waals surface area contributed by atoms with Crippen molar-refractivity contribution in [3.05, 3.63) is 40.7 Å². The number of ether oxygens (including phenoxy) is 3. The predicted molar refractivity (Wildman–Crippen MR) is 96.8 cm³/mol. The lowest BCUT2D eigenvalue weighted by Gasteiger charge is -2.34. The minimum atomic E-state index is -1.11. The number of aromatic nitrogens is 2. The molecule has 3 heterocycles. The van der Waals surface area contributed by atoms with Gasteiger partial charge in [0.25, 0.3) is 5.56 Å². The number of morpholine rings is 1. The number of benzene rings is 1. The zero-order chi connectivity index (χ0) is 19.0. The highest BCUT2D eigenvalue weighted by Crippen LogP contribution is 2.35. The van der Waals surface area contributed by atoms with Gasteiger partial charge in [0, 0.05) is 24.7 Å². The van der Waals surface area contributed by atoms with E-state index in [1.165, 1.54) is 10.7 Å². The summed E-state index contributed by atoms with van der Waals surface area (Å²) in [6.07, 6.45) is 0. The minimum Gasteiger partial charge on any atom is -0.454 e. The summed E-state index contributed by atoms with van der Waals surface area (Å²) in [7, 11) is 0. The van der Waals surface area contributed by atoms with Crippen molar-refractivity contribution < 1.29 is 19.0 Å². The number of amides is 1. The van der Waals surface area contributed by atoms with Gasteiger partial charge in [-0.15, -0.1) is 0 Å². The van der Waals surface area contributed by atoms with Crippen LogP contribution in [0.3, 0.4) is 0 Å². The third-order valence-electron chi connectivity index (χ3n) is 4.82. The Labute approximate surface area is 156 Å². The van der Waals surface area contributed by atoms with Crippen LogP contribution >= 0.6 is 0 Å². The summed E-state index contributed by atoms with van der Waals surface area (Å²) in [6, 6.07) is 8.55. The molecule has 1 fully saturated rings. The SMILES string of the molecule is CC(C)(C(=O)N1CCOCC1)n1nc(-c2ccc3c(c2)OCO3)ccc1=O. The van der Waals surface area contributed by atoms with Crippen molar-refractivity contribution in [2.24, 2.45) is 0 Å². The molecule has 0 saturated carbocycles. The van der Waals surface area contributed by atoms with Gasteiger partial charge in [0.1, 0.15) is 5.54 Å². The Balaban J connectivity index is 1.69. The molecule has 0 spiro atoms. The van der Waals surface area contributed by atoms with Gasteiger partial charge in [0.05, 0.1) is 18.9 Å². The van der Waals surface area contributed by atoms with Crippen molar-refractivity contribution in [3.63, 3.8) is 0 Å². The van der Waals surface area contributed by atoms with Gasteiger partial charge in [-0.2, -0.15) is 5.10 Å². The summed E-state index contributed by atoms with van der Waals surface area (Å²) >= 11 is 0. The standard InChI is InChI=1S/C19H21N3O5/c1-19(2,18(24)21-7-9-25-10-8-21)22-17(23)6-4-14(20-22)13-3-5-15-16(11-13)27-12-26-15/h3-6,11H,7-10,12H2,1-2H3. The molecule has 8 heteroatoms. The largest absolute Gasteiger partial charge is 0.454 e. The third-order valence-corrected chi connectivity index (χ3v) is 4.82. The number of carbonyl (C=O) groups excluding carboxylic acids is 1. The fourth-order valence-electron chi connectivity index (χ4n) is 3.27. The second kappa shape index (κ2) is 6.70. The average Bonchev–Trinajstić information content (AvgIpc) is 3.16. The van der Waals surface area contributed by atoms with Crippen molar-refractivity contribution >= 4 is 5.91 Å². The number of fused-ring (bicyclic) bond motifs is 1. The maximum atomic E-state index is 13.0. The van der Waals surface area contributed by atoms with Crippen molar-refractivity contribution in [2.45, 2.75) is 19.4 Å². The third kappa shape index (κ3) is 3.16. The molecule has 1 aromatic heterocycles. The second-order valence-corrected chi connectivity index (χ2v) is 7.00. The van der Waals surface area contributed by atoms with Crippen LogP contribution < -0.4 is 15.0 Å². The zero-order valence-electron chi connectivity index (χ0n) is 15.3. The molecule has 1 aromatic carbocycles. The minimum absolute atomic E-state index is 0.150. The van der Waals surface area contributed by atoms with Crippen molar-refractivity contribution in [1.82, 2.24) is 14.7 Å². The molecule has 27 heavy (non-hydrogen) atoms. The van der Waals surface area contributed by atoms with Crippen LogP contribution in [0.25, 0.3) is 11.3 Å². The summed E-state index contributed by atoms with van der Waals surface area (Å²) in [5.41, 5.74) is -0.0784. The molecule has 2 aromatic rings. The van der Waals surface area contributed by atoms with Gasteiger partial charge < -0.3 is 19.1 Å². The highest BCUT2D eigenvalue weighted by molar-refractivity contribution is 5.83. The Hall–Kier alpha value is -2.87. The van der Waals surface area contributed by atoms with E-state index in [2.05, 4.69) is 5.10 Å². The maximum absolute atomic E-state index is 13.0. The van der Waals surface area contributed by atoms with Crippen LogP contribution in [-0.2, 0) is 15.1 Å². The molecular weight excluding hydrogens is 350 g/mol. The predicted octanol–water partition coefficient (Wildman–Crippen LogP) is 1.23. The first-order valence-corrected chi connectivity index (χ1v) is 8.85. The van der Waals surface area contributed by atoms with E-state index in [0.29, 0.717) is 43.5 Å². The molecule has 2 aliphatic rings. The van der Waals surface area contributed by atoms with Crippen LogP contribution in [0.15, 0.2) is 35.1 Å². The monoisotopic (exact) mass is 371 g/mol. The van der Waals surface area contributed by atoms with Crippen LogP contribution in [0.4, 0.5) is 0 Å². The molecule has 0 aliphatic carbocycles. The van der Waals surface area contributed by atoms with E-state index in [-0.39, 0.29) is 18.3 Å². The van der Waals surface area contributed by atoms with Gasteiger partial charge in [0.2, 0.25) is 12.7 Å². The highest BCUT2D eigenvalue weighted by Gasteiger charge is 2.36. The molecule has 0 unspecified atom stereocenters. The molecule has 2 aliphatic heterocycles. The molecule has 142 valence electrons. The van der Waals surface area contributed by atoms with E-state index >= 15 is 0 Å². The van der Waals surface area contributed by atoms with E-state index in [1.807, 2.05) is 12.1 Å². The van der Waals surface area contributed by atoms with Crippen LogP contribution in [0, 0.1) is 0 Å². The van der Waals surface area contributed by atoms with Crippen LogP contribution in [0.5, 0.6) is 11.5 Å². The van der Waals surface area contributed by atoms with Crippen LogP contribution in [0.2, 0.25) is 0 Å². The fraction of sp³-hybridized carbons (Fsp3) is 0.421. The Morgan fingerprint density at radius 3 is 2.59 bits per heavy atom. The van der Waals surface area contributed by atoms with Gasteiger partial charge in [-0.25, -0.2) is 4.68 Å². The summed E-state index contributed by atoms with van der Waals surface area (Å²) in [5.74, 6) is 1.16. The molecule has 1 amide bonds. The van der Waals surface area contributed by atoms with Gasteiger partial charge in [0.15, 0.2) is 11.5 Å². The highest BCUT2D eigenvalue weighted by atomic mass is 16.7. The van der Waals surface area contributed by atoms with Crippen LogP contribution in [-0.4, -0.2) is 53.7 Å². The molecule has 0 radical (unpaired) electrons. The second-order valence-electron chi connectivity index (χ2n) is 7.00. The number of nitrogens with zero attached hydrogens (tertiary/aromatic N) is 3.